The van der Waals surface area contributed by atoms with Gasteiger partial charge in [-0.3, -0.25) is 0 Å². The second-order valence-corrected chi connectivity index (χ2v) is 4.37. The number of nitrogens with one attached hydrogen (secondary N) is 1. The van der Waals surface area contributed by atoms with Gasteiger partial charge in [0.15, 0.2) is 11.5 Å². The first-order chi connectivity index (χ1) is 8.77. The molecular formula is C15H25NO2. The smallest absolute Gasteiger partial charge is 0.161 e. The maximum Gasteiger partial charge on any atom is 0.161 e. The molecular weight excluding hydrogens is 226 g/mol. The Balaban J connectivity index is 2.40. The van der Waals surface area contributed by atoms with Crippen molar-refractivity contribution in [3.05, 3.63) is 24.3 Å². The minimum absolute atomic E-state index is 0.142. The van der Waals surface area contributed by atoms with E-state index in [4.69, 9.17) is 9.47 Å². The molecule has 0 aliphatic carbocycles. The molecule has 0 saturated carbocycles. The minimum Gasteiger partial charge on any atom is -0.490 e. The van der Waals surface area contributed by atoms with Gasteiger partial charge in [-0.1, -0.05) is 25.5 Å². The van der Waals surface area contributed by atoms with Crippen molar-refractivity contribution in [3.63, 3.8) is 0 Å². The average molecular weight is 251 g/mol. The van der Waals surface area contributed by atoms with Gasteiger partial charge in [0.05, 0.1) is 6.61 Å². The van der Waals surface area contributed by atoms with Crippen LogP contribution in [0.15, 0.2) is 24.3 Å². The SMILES string of the molecule is CCCCNCC(C)Oc1ccccc1OCC. The van der Waals surface area contributed by atoms with Gasteiger partial charge in [0.2, 0.25) is 0 Å². The third-order valence-electron chi connectivity index (χ3n) is 2.62. The molecule has 1 aromatic rings. The molecule has 1 N–H and O–H groups in total. The Morgan fingerprint density at radius 2 is 1.89 bits per heavy atom. The fourth-order valence-corrected chi connectivity index (χ4v) is 1.69. The summed E-state index contributed by atoms with van der Waals surface area (Å²) in [5.41, 5.74) is 0. The molecule has 0 saturated heterocycles. The summed E-state index contributed by atoms with van der Waals surface area (Å²) in [6, 6.07) is 7.82. The Kier molecular flexibility index (Phi) is 7.26. The maximum absolute atomic E-state index is 5.89. The largest absolute Gasteiger partial charge is 0.490 e. The van der Waals surface area contributed by atoms with Crippen LogP contribution in [0.25, 0.3) is 0 Å². The average Bonchev–Trinajstić information content (AvgIpc) is 2.37. The van der Waals surface area contributed by atoms with E-state index in [0.29, 0.717) is 6.61 Å². The van der Waals surface area contributed by atoms with Gasteiger partial charge in [0, 0.05) is 6.54 Å². The highest BCUT2D eigenvalue weighted by Crippen LogP contribution is 2.27. The third-order valence-corrected chi connectivity index (χ3v) is 2.62. The lowest BCUT2D eigenvalue weighted by Crippen LogP contribution is -2.29. The Bertz CT molecular complexity index is 328. The summed E-state index contributed by atoms with van der Waals surface area (Å²) >= 11 is 0. The molecule has 0 radical (unpaired) electrons. The van der Waals surface area contributed by atoms with E-state index in [9.17, 15) is 0 Å². The zero-order chi connectivity index (χ0) is 13.2. The summed E-state index contributed by atoms with van der Waals surface area (Å²) in [7, 11) is 0. The van der Waals surface area contributed by atoms with Crippen molar-refractivity contribution in [1.82, 2.24) is 5.32 Å². The molecule has 0 aromatic heterocycles. The second-order valence-electron chi connectivity index (χ2n) is 4.37. The van der Waals surface area contributed by atoms with E-state index in [1.54, 1.807) is 0 Å². The summed E-state index contributed by atoms with van der Waals surface area (Å²) in [5, 5.41) is 3.39. The molecule has 102 valence electrons. The Morgan fingerprint density at radius 3 is 2.56 bits per heavy atom. The molecule has 1 atom stereocenters. The lowest BCUT2D eigenvalue weighted by Gasteiger charge is -2.17. The summed E-state index contributed by atoms with van der Waals surface area (Å²) in [6.07, 6.45) is 2.57. The van der Waals surface area contributed by atoms with Crippen molar-refractivity contribution in [2.24, 2.45) is 0 Å². The van der Waals surface area contributed by atoms with Crippen LogP contribution in [0.3, 0.4) is 0 Å². The molecule has 0 heterocycles. The Morgan fingerprint density at radius 1 is 1.17 bits per heavy atom. The van der Waals surface area contributed by atoms with E-state index in [-0.39, 0.29) is 6.10 Å². The Labute approximate surface area is 110 Å². The van der Waals surface area contributed by atoms with Crippen LogP contribution in [0.4, 0.5) is 0 Å². The van der Waals surface area contributed by atoms with Crippen LogP contribution >= 0.6 is 0 Å². The van der Waals surface area contributed by atoms with Crippen LogP contribution < -0.4 is 14.8 Å². The Hall–Kier alpha value is -1.22. The predicted octanol–water partition coefficient (Wildman–Crippen LogP) is 3.24. The van der Waals surface area contributed by atoms with Gasteiger partial charge in [-0.25, -0.2) is 0 Å². The van der Waals surface area contributed by atoms with Crippen molar-refractivity contribution in [1.29, 1.82) is 0 Å². The number of para-hydroxylation sites is 2. The first kappa shape index (κ1) is 14.8. The monoisotopic (exact) mass is 251 g/mol. The lowest BCUT2D eigenvalue weighted by molar-refractivity contribution is 0.203. The second kappa shape index (κ2) is 8.81. The quantitative estimate of drug-likeness (QED) is 0.683. The molecule has 0 aliphatic heterocycles. The van der Waals surface area contributed by atoms with E-state index in [1.807, 2.05) is 31.2 Å². The molecule has 0 fully saturated rings. The van der Waals surface area contributed by atoms with Crippen molar-refractivity contribution < 1.29 is 9.47 Å². The van der Waals surface area contributed by atoms with Gasteiger partial charge in [-0.05, 0) is 38.9 Å². The molecule has 0 bridgehead atoms. The maximum atomic E-state index is 5.89. The fraction of sp³-hybridized carbons (Fsp3) is 0.600. The minimum atomic E-state index is 0.142. The highest BCUT2D eigenvalue weighted by Gasteiger charge is 2.08. The van der Waals surface area contributed by atoms with E-state index in [1.165, 1.54) is 12.8 Å². The van der Waals surface area contributed by atoms with E-state index >= 15 is 0 Å². The first-order valence-corrected chi connectivity index (χ1v) is 6.87. The highest BCUT2D eigenvalue weighted by atomic mass is 16.5. The van der Waals surface area contributed by atoms with Crippen molar-refractivity contribution >= 4 is 0 Å². The van der Waals surface area contributed by atoms with Crippen LogP contribution in [0.1, 0.15) is 33.6 Å². The molecule has 1 unspecified atom stereocenters. The van der Waals surface area contributed by atoms with Crippen LogP contribution in [0, 0.1) is 0 Å². The number of hydrogen-bond acceptors (Lipinski definition) is 3. The van der Waals surface area contributed by atoms with Crippen LogP contribution in [0.5, 0.6) is 11.5 Å². The lowest BCUT2D eigenvalue weighted by atomic mass is 10.3. The van der Waals surface area contributed by atoms with Crippen molar-refractivity contribution in [3.8, 4) is 11.5 Å². The van der Waals surface area contributed by atoms with E-state index in [0.717, 1.165) is 24.6 Å². The van der Waals surface area contributed by atoms with Crippen molar-refractivity contribution in [2.45, 2.75) is 39.7 Å². The van der Waals surface area contributed by atoms with Gasteiger partial charge in [0.25, 0.3) is 0 Å². The van der Waals surface area contributed by atoms with E-state index < -0.39 is 0 Å². The summed E-state index contributed by atoms with van der Waals surface area (Å²) in [4.78, 5) is 0. The molecule has 3 heteroatoms. The molecule has 1 rings (SSSR count). The zero-order valence-corrected chi connectivity index (χ0v) is 11.7. The molecule has 0 aliphatic rings. The van der Waals surface area contributed by atoms with Gasteiger partial charge in [0.1, 0.15) is 6.10 Å². The summed E-state index contributed by atoms with van der Waals surface area (Å²) in [5.74, 6) is 1.64. The van der Waals surface area contributed by atoms with Gasteiger partial charge < -0.3 is 14.8 Å². The number of hydrogen-bond donors (Lipinski definition) is 1. The first-order valence-electron chi connectivity index (χ1n) is 6.87. The third kappa shape index (κ3) is 5.41. The summed E-state index contributed by atoms with van der Waals surface area (Å²) < 4.78 is 11.4. The molecule has 3 nitrogen and oxygen atoms in total. The fourth-order valence-electron chi connectivity index (χ4n) is 1.69. The van der Waals surface area contributed by atoms with Crippen LogP contribution in [-0.2, 0) is 0 Å². The van der Waals surface area contributed by atoms with Crippen LogP contribution in [-0.4, -0.2) is 25.8 Å². The molecule has 1 aromatic carbocycles. The molecule has 0 spiro atoms. The van der Waals surface area contributed by atoms with Gasteiger partial charge in [-0.2, -0.15) is 0 Å². The van der Waals surface area contributed by atoms with E-state index in [2.05, 4.69) is 19.2 Å². The number of rotatable bonds is 9. The zero-order valence-electron chi connectivity index (χ0n) is 11.7. The molecule has 18 heavy (non-hydrogen) atoms. The summed E-state index contributed by atoms with van der Waals surface area (Å²) in [6.45, 7) is 8.81. The normalized spacial score (nSPS) is 12.2. The molecule has 0 amide bonds. The number of benzene rings is 1. The van der Waals surface area contributed by atoms with Gasteiger partial charge in [-0.15, -0.1) is 0 Å². The standard InChI is InChI=1S/C15H25NO2/c1-4-6-11-16-12-13(3)18-15-10-8-7-9-14(15)17-5-2/h7-10,13,16H,4-6,11-12H2,1-3H3. The number of unbranched alkanes of at least 4 members (excludes halogenated alkanes) is 1. The van der Waals surface area contributed by atoms with Crippen LogP contribution in [0.2, 0.25) is 0 Å². The van der Waals surface area contributed by atoms with Gasteiger partial charge >= 0.3 is 0 Å². The van der Waals surface area contributed by atoms with Crippen molar-refractivity contribution in [2.75, 3.05) is 19.7 Å². The highest BCUT2D eigenvalue weighted by molar-refractivity contribution is 5.39. The predicted molar refractivity (Wildman–Crippen MR) is 75.5 cm³/mol. The topological polar surface area (TPSA) is 30.5 Å². The number of ether oxygens (including phenoxy) is 2.